The Labute approximate surface area is 139 Å². The molecule has 6 nitrogen and oxygen atoms in total. The predicted octanol–water partition coefficient (Wildman–Crippen LogP) is 2.66. The number of nitrogens with one attached hydrogen (secondary N) is 2. The van der Waals surface area contributed by atoms with Crippen LogP contribution >= 0.6 is 11.5 Å². The van der Waals surface area contributed by atoms with Gasteiger partial charge in [-0.15, -0.1) is 0 Å². The molecule has 1 saturated carbocycles. The third kappa shape index (κ3) is 3.73. The maximum absolute atomic E-state index is 11.9. The number of methoxy groups -OCH3 is 2. The van der Waals surface area contributed by atoms with Crippen LogP contribution in [0.25, 0.3) is 0 Å². The Kier molecular flexibility index (Phi) is 4.66. The van der Waals surface area contributed by atoms with Gasteiger partial charge in [-0.2, -0.15) is 4.37 Å². The van der Waals surface area contributed by atoms with E-state index in [2.05, 4.69) is 15.0 Å². The Balaban J connectivity index is 1.62. The SMILES string of the molecule is COc1nsc(OC)c1CNc1ccc(C(=O)NC2CC2)cc1. The first-order valence-corrected chi connectivity index (χ1v) is 8.20. The third-order valence-electron chi connectivity index (χ3n) is 3.62. The van der Waals surface area contributed by atoms with Crippen LogP contribution < -0.4 is 20.1 Å². The molecule has 7 heteroatoms. The van der Waals surface area contributed by atoms with Gasteiger partial charge in [0.1, 0.15) is 0 Å². The zero-order valence-corrected chi connectivity index (χ0v) is 13.9. The summed E-state index contributed by atoms with van der Waals surface area (Å²) in [5.41, 5.74) is 2.48. The molecule has 23 heavy (non-hydrogen) atoms. The average Bonchev–Trinajstić information content (AvgIpc) is 3.30. The molecule has 1 amide bonds. The van der Waals surface area contributed by atoms with Crippen molar-refractivity contribution in [3.05, 3.63) is 35.4 Å². The molecule has 0 bridgehead atoms. The Hall–Kier alpha value is -2.28. The topological polar surface area (TPSA) is 72.5 Å². The van der Waals surface area contributed by atoms with Gasteiger partial charge in [0.15, 0.2) is 0 Å². The number of hydrogen-bond acceptors (Lipinski definition) is 6. The van der Waals surface area contributed by atoms with E-state index in [1.807, 2.05) is 24.3 Å². The molecular weight excluding hydrogens is 314 g/mol. The van der Waals surface area contributed by atoms with E-state index in [1.54, 1.807) is 14.2 Å². The van der Waals surface area contributed by atoms with E-state index >= 15 is 0 Å². The molecule has 3 rings (SSSR count). The van der Waals surface area contributed by atoms with E-state index in [0.717, 1.165) is 29.2 Å². The van der Waals surface area contributed by atoms with Crippen molar-refractivity contribution >= 4 is 23.1 Å². The number of anilines is 1. The van der Waals surface area contributed by atoms with Gasteiger partial charge in [0.05, 0.1) is 26.3 Å². The van der Waals surface area contributed by atoms with E-state index < -0.39 is 0 Å². The van der Waals surface area contributed by atoms with Crippen LogP contribution in [0.5, 0.6) is 10.9 Å². The molecule has 0 spiro atoms. The molecule has 1 aromatic carbocycles. The molecular formula is C16H19N3O3S. The number of hydrogen-bond donors (Lipinski definition) is 2. The van der Waals surface area contributed by atoms with Gasteiger partial charge in [0, 0.05) is 28.8 Å². The maximum atomic E-state index is 11.9. The van der Waals surface area contributed by atoms with Crippen molar-refractivity contribution in [1.29, 1.82) is 0 Å². The van der Waals surface area contributed by atoms with E-state index in [9.17, 15) is 4.79 Å². The molecule has 122 valence electrons. The van der Waals surface area contributed by atoms with Crippen LogP contribution in [0.4, 0.5) is 5.69 Å². The summed E-state index contributed by atoms with van der Waals surface area (Å²) in [6.07, 6.45) is 2.17. The highest BCUT2D eigenvalue weighted by Crippen LogP contribution is 2.32. The highest BCUT2D eigenvalue weighted by molar-refractivity contribution is 7.08. The van der Waals surface area contributed by atoms with E-state index in [-0.39, 0.29) is 5.91 Å². The molecule has 0 unspecified atom stereocenters. The van der Waals surface area contributed by atoms with Crippen molar-refractivity contribution in [3.8, 4) is 10.9 Å². The minimum absolute atomic E-state index is 0.00979. The first-order chi connectivity index (χ1) is 11.2. The van der Waals surface area contributed by atoms with Gasteiger partial charge < -0.3 is 20.1 Å². The lowest BCUT2D eigenvalue weighted by molar-refractivity contribution is 0.0951. The fraction of sp³-hybridized carbons (Fsp3) is 0.375. The van der Waals surface area contributed by atoms with Gasteiger partial charge in [0.2, 0.25) is 10.9 Å². The van der Waals surface area contributed by atoms with Crippen molar-refractivity contribution in [1.82, 2.24) is 9.69 Å². The largest absolute Gasteiger partial charge is 0.486 e. The lowest BCUT2D eigenvalue weighted by Gasteiger charge is -2.09. The lowest BCUT2D eigenvalue weighted by atomic mass is 10.2. The molecule has 0 radical (unpaired) electrons. The van der Waals surface area contributed by atoms with Crippen LogP contribution in [0, 0.1) is 0 Å². The van der Waals surface area contributed by atoms with Crippen LogP contribution in [0.1, 0.15) is 28.8 Å². The third-order valence-corrected chi connectivity index (χ3v) is 4.46. The number of rotatable bonds is 7. The highest BCUT2D eigenvalue weighted by atomic mass is 32.1. The summed E-state index contributed by atoms with van der Waals surface area (Å²) in [5.74, 6) is 0.559. The number of ether oxygens (including phenoxy) is 2. The van der Waals surface area contributed by atoms with Crippen molar-refractivity contribution in [2.24, 2.45) is 0 Å². The molecule has 0 atom stereocenters. The maximum Gasteiger partial charge on any atom is 0.251 e. The van der Waals surface area contributed by atoms with Gasteiger partial charge in [-0.05, 0) is 37.1 Å². The molecule has 0 aliphatic heterocycles. The Morgan fingerprint density at radius 3 is 2.61 bits per heavy atom. The zero-order chi connectivity index (χ0) is 16.2. The van der Waals surface area contributed by atoms with Crippen LogP contribution in [0.2, 0.25) is 0 Å². The predicted molar refractivity (Wildman–Crippen MR) is 89.5 cm³/mol. The van der Waals surface area contributed by atoms with Gasteiger partial charge in [-0.1, -0.05) is 0 Å². The zero-order valence-electron chi connectivity index (χ0n) is 13.1. The molecule has 0 saturated heterocycles. The monoisotopic (exact) mass is 333 g/mol. The summed E-state index contributed by atoms with van der Waals surface area (Å²) >= 11 is 1.26. The van der Waals surface area contributed by atoms with Gasteiger partial charge >= 0.3 is 0 Å². The van der Waals surface area contributed by atoms with Crippen LogP contribution in [0.15, 0.2) is 24.3 Å². The molecule has 1 aromatic heterocycles. The van der Waals surface area contributed by atoms with E-state index in [1.165, 1.54) is 11.5 Å². The number of carbonyl (C=O) groups excluding carboxylic acids is 1. The van der Waals surface area contributed by atoms with Crippen LogP contribution in [-0.4, -0.2) is 30.5 Å². The smallest absolute Gasteiger partial charge is 0.251 e. The Morgan fingerprint density at radius 1 is 1.26 bits per heavy atom. The molecule has 1 aliphatic carbocycles. The summed E-state index contributed by atoms with van der Waals surface area (Å²) in [5, 5.41) is 7.00. The van der Waals surface area contributed by atoms with Crippen molar-refractivity contribution in [2.75, 3.05) is 19.5 Å². The fourth-order valence-electron chi connectivity index (χ4n) is 2.18. The summed E-state index contributed by atoms with van der Waals surface area (Å²) in [6.45, 7) is 0.538. The van der Waals surface area contributed by atoms with E-state index in [0.29, 0.717) is 24.0 Å². The number of benzene rings is 1. The summed E-state index contributed by atoms with van der Waals surface area (Å²) < 4.78 is 14.7. The van der Waals surface area contributed by atoms with Crippen molar-refractivity contribution in [3.63, 3.8) is 0 Å². The number of aromatic nitrogens is 1. The number of nitrogens with zero attached hydrogens (tertiary/aromatic N) is 1. The summed E-state index contributed by atoms with van der Waals surface area (Å²) in [6, 6.07) is 7.79. The lowest BCUT2D eigenvalue weighted by Crippen LogP contribution is -2.25. The standard InChI is InChI=1S/C16H19N3O3S/c1-21-15-13(16(22-2)23-19-15)9-17-11-5-3-10(4-6-11)14(20)18-12-7-8-12/h3-6,12,17H,7-9H2,1-2H3,(H,18,20). The Bertz CT molecular complexity index is 659. The van der Waals surface area contributed by atoms with Crippen molar-refractivity contribution < 1.29 is 14.3 Å². The molecule has 1 fully saturated rings. The van der Waals surface area contributed by atoms with E-state index in [4.69, 9.17) is 9.47 Å². The number of carbonyl (C=O) groups is 1. The second-order valence-electron chi connectivity index (χ2n) is 5.34. The summed E-state index contributed by atoms with van der Waals surface area (Å²) in [4.78, 5) is 11.9. The second kappa shape index (κ2) is 6.87. The quantitative estimate of drug-likeness (QED) is 0.815. The van der Waals surface area contributed by atoms with Gasteiger partial charge in [-0.3, -0.25) is 4.79 Å². The molecule has 2 aromatic rings. The average molecular weight is 333 g/mol. The second-order valence-corrected chi connectivity index (χ2v) is 6.08. The highest BCUT2D eigenvalue weighted by Gasteiger charge is 2.23. The molecule has 1 heterocycles. The molecule has 1 aliphatic rings. The summed E-state index contributed by atoms with van der Waals surface area (Å²) in [7, 11) is 3.20. The van der Waals surface area contributed by atoms with Gasteiger partial charge in [-0.25, -0.2) is 0 Å². The van der Waals surface area contributed by atoms with Crippen molar-refractivity contribution in [2.45, 2.75) is 25.4 Å². The minimum Gasteiger partial charge on any atom is -0.486 e. The minimum atomic E-state index is -0.00979. The number of amides is 1. The van der Waals surface area contributed by atoms with Crippen LogP contribution in [0.3, 0.4) is 0 Å². The first-order valence-electron chi connectivity index (χ1n) is 7.42. The Morgan fingerprint density at radius 2 is 2.00 bits per heavy atom. The fourth-order valence-corrected chi connectivity index (χ4v) is 2.87. The normalized spacial score (nSPS) is 13.5. The first kappa shape index (κ1) is 15.6. The van der Waals surface area contributed by atoms with Crippen LogP contribution in [-0.2, 0) is 6.54 Å². The van der Waals surface area contributed by atoms with Gasteiger partial charge in [0.25, 0.3) is 5.91 Å². The molecule has 2 N–H and O–H groups in total.